The summed E-state index contributed by atoms with van der Waals surface area (Å²) in [6.45, 7) is 7.91. The molecular formula is C20H29N5O5S. The van der Waals surface area contributed by atoms with Crippen LogP contribution in [-0.2, 0) is 14.8 Å². The molecule has 0 aliphatic carbocycles. The SMILES string of the molecule is CCOc1ccc(OCC)c(S(=O)(=O)NCCNc2cc(N3CCOCC3)cnn2)c1. The molecule has 0 bridgehead atoms. The average Bonchev–Trinajstić information content (AvgIpc) is 2.79. The van der Waals surface area contributed by atoms with Crippen molar-refractivity contribution >= 4 is 21.5 Å². The Morgan fingerprint density at radius 2 is 1.87 bits per heavy atom. The number of nitrogens with zero attached hydrogens (tertiary/aromatic N) is 3. The first-order valence-electron chi connectivity index (χ1n) is 10.3. The third-order valence-electron chi connectivity index (χ3n) is 4.56. The summed E-state index contributed by atoms with van der Waals surface area (Å²) in [6, 6.07) is 6.66. The Balaban J connectivity index is 1.59. The quantitative estimate of drug-likeness (QED) is 0.490. The summed E-state index contributed by atoms with van der Waals surface area (Å²) < 4.78 is 44.5. The number of ether oxygens (including phenoxy) is 3. The Labute approximate surface area is 183 Å². The van der Waals surface area contributed by atoms with Crippen molar-refractivity contribution in [2.24, 2.45) is 0 Å². The van der Waals surface area contributed by atoms with Gasteiger partial charge in [0, 0.05) is 38.3 Å². The minimum Gasteiger partial charge on any atom is -0.494 e. The van der Waals surface area contributed by atoms with Gasteiger partial charge >= 0.3 is 0 Å². The largest absolute Gasteiger partial charge is 0.494 e. The summed E-state index contributed by atoms with van der Waals surface area (Å²) in [5, 5.41) is 11.2. The van der Waals surface area contributed by atoms with Crippen molar-refractivity contribution in [3.8, 4) is 11.5 Å². The maximum absolute atomic E-state index is 12.8. The van der Waals surface area contributed by atoms with E-state index >= 15 is 0 Å². The van der Waals surface area contributed by atoms with E-state index in [4.69, 9.17) is 14.2 Å². The van der Waals surface area contributed by atoms with E-state index in [1.807, 2.05) is 13.0 Å². The minimum absolute atomic E-state index is 0.0504. The van der Waals surface area contributed by atoms with Crippen LogP contribution in [0.4, 0.5) is 11.5 Å². The van der Waals surface area contributed by atoms with Crippen molar-refractivity contribution in [2.45, 2.75) is 18.7 Å². The molecule has 2 N–H and O–H groups in total. The van der Waals surface area contributed by atoms with E-state index in [0.29, 0.717) is 44.5 Å². The van der Waals surface area contributed by atoms with Crippen LogP contribution in [0.2, 0.25) is 0 Å². The number of rotatable bonds is 11. The van der Waals surface area contributed by atoms with Gasteiger partial charge in [-0.2, -0.15) is 5.10 Å². The number of aromatic nitrogens is 2. The van der Waals surface area contributed by atoms with Gasteiger partial charge in [0.2, 0.25) is 10.0 Å². The molecule has 31 heavy (non-hydrogen) atoms. The number of hydrogen-bond acceptors (Lipinski definition) is 9. The zero-order valence-corrected chi connectivity index (χ0v) is 18.7. The lowest BCUT2D eigenvalue weighted by molar-refractivity contribution is 0.122. The fourth-order valence-electron chi connectivity index (χ4n) is 3.12. The summed E-state index contributed by atoms with van der Waals surface area (Å²) in [4.78, 5) is 2.22. The number of benzene rings is 1. The first kappa shape index (κ1) is 23.0. The fourth-order valence-corrected chi connectivity index (χ4v) is 4.31. The van der Waals surface area contributed by atoms with Crippen LogP contribution in [0.15, 0.2) is 35.4 Å². The molecule has 3 rings (SSSR count). The second-order valence-electron chi connectivity index (χ2n) is 6.70. The number of hydrogen-bond donors (Lipinski definition) is 2. The molecule has 1 saturated heterocycles. The molecule has 1 aromatic heterocycles. The molecule has 0 unspecified atom stereocenters. The van der Waals surface area contributed by atoms with Gasteiger partial charge in [0.15, 0.2) is 5.82 Å². The standard InChI is InChI=1S/C20H29N5O5S/c1-3-29-17-5-6-18(30-4-2)19(14-17)31(26,27)23-8-7-21-20-13-16(15-22-24-20)25-9-11-28-12-10-25/h5-6,13-15,23H,3-4,7-12H2,1-2H3,(H,21,24). The van der Waals surface area contributed by atoms with Gasteiger partial charge in [0.05, 0.1) is 38.3 Å². The Morgan fingerprint density at radius 3 is 2.61 bits per heavy atom. The second kappa shape index (κ2) is 11.1. The van der Waals surface area contributed by atoms with E-state index < -0.39 is 10.0 Å². The van der Waals surface area contributed by atoms with Crippen molar-refractivity contribution in [1.29, 1.82) is 0 Å². The maximum Gasteiger partial charge on any atom is 0.244 e. The van der Waals surface area contributed by atoms with Crippen LogP contribution in [0.25, 0.3) is 0 Å². The average molecular weight is 452 g/mol. The minimum atomic E-state index is -3.79. The normalized spacial score (nSPS) is 14.3. The van der Waals surface area contributed by atoms with Gasteiger partial charge < -0.3 is 24.4 Å². The number of anilines is 2. The Kier molecular flexibility index (Phi) is 8.27. The summed E-state index contributed by atoms with van der Waals surface area (Å²) in [6.07, 6.45) is 1.71. The Bertz CT molecular complexity index is 951. The number of morpholine rings is 1. The van der Waals surface area contributed by atoms with Crippen LogP contribution in [0, 0.1) is 0 Å². The monoisotopic (exact) mass is 451 g/mol. The van der Waals surface area contributed by atoms with Crippen LogP contribution in [0.5, 0.6) is 11.5 Å². The highest BCUT2D eigenvalue weighted by molar-refractivity contribution is 7.89. The van der Waals surface area contributed by atoms with E-state index in [-0.39, 0.29) is 17.2 Å². The summed E-state index contributed by atoms with van der Waals surface area (Å²) in [5.41, 5.74) is 0.954. The molecule has 0 atom stereocenters. The van der Waals surface area contributed by atoms with Crippen molar-refractivity contribution in [3.63, 3.8) is 0 Å². The van der Waals surface area contributed by atoms with Gasteiger partial charge in [0.1, 0.15) is 16.4 Å². The first-order valence-corrected chi connectivity index (χ1v) is 11.8. The van der Waals surface area contributed by atoms with Crippen LogP contribution in [0.1, 0.15) is 13.8 Å². The molecule has 170 valence electrons. The topological polar surface area (TPSA) is 115 Å². The van der Waals surface area contributed by atoms with Gasteiger partial charge in [-0.15, -0.1) is 5.10 Å². The van der Waals surface area contributed by atoms with Gasteiger partial charge in [-0.25, -0.2) is 13.1 Å². The first-order chi connectivity index (χ1) is 15.0. The van der Waals surface area contributed by atoms with Crippen molar-refractivity contribution in [2.75, 3.05) is 62.8 Å². The third kappa shape index (κ3) is 6.42. The highest BCUT2D eigenvalue weighted by Crippen LogP contribution is 2.28. The molecule has 2 aromatic rings. The van der Waals surface area contributed by atoms with E-state index in [0.717, 1.165) is 18.8 Å². The molecule has 1 aliphatic heterocycles. The smallest absolute Gasteiger partial charge is 0.244 e. The lowest BCUT2D eigenvalue weighted by atomic mass is 10.3. The fraction of sp³-hybridized carbons (Fsp3) is 0.500. The van der Waals surface area contributed by atoms with Gasteiger partial charge in [-0.3, -0.25) is 0 Å². The van der Waals surface area contributed by atoms with Crippen molar-refractivity contribution in [3.05, 3.63) is 30.5 Å². The molecule has 11 heteroatoms. The van der Waals surface area contributed by atoms with Crippen LogP contribution >= 0.6 is 0 Å². The molecule has 0 amide bonds. The van der Waals surface area contributed by atoms with Gasteiger partial charge in [0.25, 0.3) is 0 Å². The second-order valence-corrected chi connectivity index (χ2v) is 8.43. The van der Waals surface area contributed by atoms with Gasteiger partial charge in [-0.05, 0) is 26.0 Å². The Hall–Kier alpha value is -2.63. The summed E-state index contributed by atoms with van der Waals surface area (Å²) >= 11 is 0. The highest BCUT2D eigenvalue weighted by Gasteiger charge is 2.20. The molecule has 0 radical (unpaired) electrons. The Morgan fingerprint density at radius 1 is 1.10 bits per heavy atom. The number of nitrogens with one attached hydrogen (secondary N) is 2. The van der Waals surface area contributed by atoms with E-state index in [9.17, 15) is 8.42 Å². The maximum atomic E-state index is 12.8. The van der Waals surface area contributed by atoms with Crippen molar-refractivity contribution < 1.29 is 22.6 Å². The molecule has 1 aromatic carbocycles. The molecule has 2 heterocycles. The lowest BCUT2D eigenvalue weighted by Crippen LogP contribution is -2.36. The highest BCUT2D eigenvalue weighted by atomic mass is 32.2. The predicted octanol–water partition coefficient (Wildman–Crippen LogP) is 1.50. The van der Waals surface area contributed by atoms with Crippen LogP contribution < -0.4 is 24.4 Å². The predicted molar refractivity (Wildman–Crippen MR) is 118 cm³/mol. The third-order valence-corrected chi connectivity index (χ3v) is 6.04. The van der Waals surface area contributed by atoms with Crippen molar-refractivity contribution in [1.82, 2.24) is 14.9 Å². The lowest BCUT2D eigenvalue weighted by Gasteiger charge is -2.28. The molecule has 1 aliphatic rings. The van der Waals surface area contributed by atoms with Crippen LogP contribution in [0.3, 0.4) is 0 Å². The summed E-state index contributed by atoms with van der Waals surface area (Å²) in [7, 11) is -3.79. The van der Waals surface area contributed by atoms with Crippen LogP contribution in [-0.4, -0.2) is 71.2 Å². The number of sulfonamides is 1. The van der Waals surface area contributed by atoms with E-state index in [1.54, 1.807) is 25.3 Å². The molecule has 0 spiro atoms. The van der Waals surface area contributed by atoms with E-state index in [1.165, 1.54) is 6.07 Å². The molecule has 10 nitrogen and oxygen atoms in total. The summed E-state index contributed by atoms with van der Waals surface area (Å²) in [5.74, 6) is 1.34. The zero-order valence-electron chi connectivity index (χ0n) is 17.8. The van der Waals surface area contributed by atoms with E-state index in [2.05, 4.69) is 25.1 Å². The molecule has 1 fully saturated rings. The zero-order chi connectivity index (χ0) is 22.1. The van der Waals surface area contributed by atoms with Gasteiger partial charge in [-0.1, -0.05) is 0 Å². The molecule has 0 saturated carbocycles. The molecular weight excluding hydrogens is 422 g/mol.